The normalized spacial score (nSPS) is 16.5. The molecule has 0 spiro atoms. The second-order valence-electron chi connectivity index (χ2n) is 4.55. The van der Waals surface area contributed by atoms with Crippen molar-refractivity contribution in [3.05, 3.63) is 30.1 Å². The van der Waals surface area contributed by atoms with Crippen LogP contribution in [-0.2, 0) is 4.79 Å². The van der Waals surface area contributed by atoms with Crippen LogP contribution in [0.25, 0.3) is 0 Å². The molecule has 1 aromatic heterocycles. The van der Waals surface area contributed by atoms with Crippen LogP contribution in [-0.4, -0.2) is 23.5 Å². The monoisotopic (exact) mass is 233 g/mol. The van der Waals surface area contributed by atoms with E-state index in [1.807, 2.05) is 19.1 Å². The molecule has 1 saturated carbocycles. The minimum Gasteiger partial charge on any atom is -0.350 e. The smallest absolute Gasteiger partial charge is 0.221 e. The molecule has 17 heavy (non-hydrogen) atoms. The Balaban J connectivity index is 1.69. The van der Waals surface area contributed by atoms with E-state index in [-0.39, 0.29) is 11.9 Å². The summed E-state index contributed by atoms with van der Waals surface area (Å²) >= 11 is 0. The lowest BCUT2D eigenvalue weighted by Gasteiger charge is -2.14. The lowest BCUT2D eigenvalue weighted by molar-refractivity contribution is -0.121. The number of hydrogen-bond donors (Lipinski definition) is 2. The summed E-state index contributed by atoms with van der Waals surface area (Å²) in [6.07, 6.45) is 6.55. The average Bonchev–Trinajstić information content (AvgIpc) is 3.14. The topological polar surface area (TPSA) is 54.0 Å². The van der Waals surface area contributed by atoms with Gasteiger partial charge in [0.05, 0.1) is 6.04 Å². The van der Waals surface area contributed by atoms with Gasteiger partial charge in [0.2, 0.25) is 5.91 Å². The van der Waals surface area contributed by atoms with Crippen LogP contribution in [0.3, 0.4) is 0 Å². The molecule has 1 fully saturated rings. The number of pyridine rings is 1. The van der Waals surface area contributed by atoms with Crippen molar-refractivity contribution in [2.75, 3.05) is 6.54 Å². The molecule has 0 saturated heterocycles. The van der Waals surface area contributed by atoms with E-state index in [0.29, 0.717) is 12.5 Å². The molecule has 1 aromatic rings. The fourth-order valence-corrected chi connectivity index (χ4v) is 1.73. The van der Waals surface area contributed by atoms with Gasteiger partial charge in [-0.3, -0.25) is 9.78 Å². The third-order valence-electron chi connectivity index (χ3n) is 2.95. The fraction of sp³-hybridized carbons (Fsp3) is 0.538. The highest BCUT2D eigenvalue weighted by atomic mass is 16.1. The Morgan fingerprint density at radius 1 is 1.47 bits per heavy atom. The number of carbonyl (C=O) groups excluding carboxylic acids is 1. The van der Waals surface area contributed by atoms with Crippen LogP contribution in [0, 0.1) is 0 Å². The van der Waals surface area contributed by atoms with Gasteiger partial charge in [0, 0.05) is 31.4 Å². The second kappa shape index (κ2) is 5.77. The Bertz CT molecular complexity index is 362. The SMILES string of the molecule is C[C@H](NC(=O)CCNC1CC1)c1ccncc1. The maximum atomic E-state index is 11.7. The minimum absolute atomic E-state index is 0.0476. The number of rotatable bonds is 6. The van der Waals surface area contributed by atoms with Gasteiger partial charge in [-0.15, -0.1) is 0 Å². The van der Waals surface area contributed by atoms with Gasteiger partial charge in [-0.05, 0) is 37.5 Å². The largest absolute Gasteiger partial charge is 0.350 e. The van der Waals surface area contributed by atoms with Gasteiger partial charge in [-0.2, -0.15) is 0 Å². The lowest BCUT2D eigenvalue weighted by atomic mass is 10.1. The number of hydrogen-bond acceptors (Lipinski definition) is 3. The lowest BCUT2D eigenvalue weighted by Crippen LogP contribution is -2.30. The van der Waals surface area contributed by atoms with E-state index < -0.39 is 0 Å². The predicted octanol–water partition coefficient (Wildman–Crippen LogP) is 1.40. The Morgan fingerprint density at radius 3 is 2.82 bits per heavy atom. The number of nitrogens with zero attached hydrogens (tertiary/aromatic N) is 1. The summed E-state index contributed by atoms with van der Waals surface area (Å²) < 4.78 is 0. The molecule has 2 N–H and O–H groups in total. The summed E-state index contributed by atoms with van der Waals surface area (Å²) in [5.74, 6) is 0.0995. The summed E-state index contributed by atoms with van der Waals surface area (Å²) in [7, 11) is 0. The second-order valence-corrected chi connectivity index (χ2v) is 4.55. The van der Waals surface area contributed by atoms with E-state index in [1.54, 1.807) is 12.4 Å². The molecule has 0 unspecified atom stereocenters. The zero-order valence-corrected chi connectivity index (χ0v) is 10.1. The first-order valence-electron chi connectivity index (χ1n) is 6.18. The van der Waals surface area contributed by atoms with Crippen molar-refractivity contribution in [1.82, 2.24) is 15.6 Å². The first-order chi connectivity index (χ1) is 8.25. The number of aromatic nitrogens is 1. The Hall–Kier alpha value is -1.42. The quantitative estimate of drug-likeness (QED) is 0.781. The molecule has 0 aliphatic heterocycles. The van der Waals surface area contributed by atoms with Crippen LogP contribution in [0.2, 0.25) is 0 Å². The maximum Gasteiger partial charge on any atom is 0.221 e. The molecule has 4 nitrogen and oxygen atoms in total. The van der Waals surface area contributed by atoms with Crippen LogP contribution < -0.4 is 10.6 Å². The van der Waals surface area contributed by atoms with E-state index in [0.717, 1.165) is 12.1 Å². The summed E-state index contributed by atoms with van der Waals surface area (Å²) in [5, 5.41) is 6.31. The van der Waals surface area contributed by atoms with Crippen molar-refractivity contribution in [2.24, 2.45) is 0 Å². The van der Waals surface area contributed by atoms with Crippen molar-refractivity contribution in [3.63, 3.8) is 0 Å². The molecule has 1 atom stereocenters. The molecule has 92 valence electrons. The number of carbonyl (C=O) groups is 1. The molecule has 1 amide bonds. The van der Waals surface area contributed by atoms with Gasteiger partial charge < -0.3 is 10.6 Å². The zero-order chi connectivity index (χ0) is 12.1. The van der Waals surface area contributed by atoms with Gasteiger partial charge >= 0.3 is 0 Å². The highest BCUT2D eigenvalue weighted by Gasteiger charge is 2.20. The number of amides is 1. The summed E-state index contributed by atoms with van der Waals surface area (Å²) in [6, 6.07) is 4.56. The van der Waals surface area contributed by atoms with Gasteiger partial charge in [-0.25, -0.2) is 0 Å². The Labute approximate surface area is 102 Å². The van der Waals surface area contributed by atoms with Crippen LogP contribution >= 0.6 is 0 Å². The molecule has 0 bridgehead atoms. The van der Waals surface area contributed by atoms with Crippen LogP contribution in [0.5, 0.6) is 0 Å². The third-order valence-corrected chi connectivity index (χ3v) is 2.95. The first kappa shape index (κ1) is 12.0. The molecular weight excluding hydrogens is 214 g/mol. The zero-order valence-electron chi connectivity index (χ0n) is 10.1. The van der Waals surface area contributed by atoms with Crippen molar-refractivity contribution >= 4 is 5.91 Å². The van der Waals surface area contributed by atoms with Crippen LogP contribution in [0.4, 0.5) is 0 Å². The molecule has 4 heteroatoms. The molecule has 1 aliphatic rings. The van der Waals surface area contributed by atoms with Crippen LogP contribution in [0.1, 0.15) is 37.8 Å². The first-order valence-corrected chi connectivity index (χ1v) is 6.18. The highest BCUT2D eigenvalue weighted by molar-refractivity contribution is 5.76. The summed E-state index contributed by atoms with van der Waals surface area (Å²) in [6.45, 7) is 2.76. The minimum atomic E-state index is 0.0476. The van der Waals surface area contributed by atoms with E-state index in [9.17, 15) is 4.79 Å². The maximum absolute atomic E-state index is 11.7. The molecule has 0 aromatic carbocycles. The van der Waals surface area contributed by atoms with Gasteiger partial charge in [0.1, 0.15) is 0 Å². The number of nitrogens with one attached hydrogen (secondary N) is 2. The van der Waals surface area contributed by atoms with E-state index in [2.05, 4.69) is 15.6 Å². The molecule has 1 aliphatic carbocycles. The molecule has 0 radical (unpaired) electrons. The van der Waals surface area contributed by atoms with Gasteiger partial charge in [-0.1, -0.05) is 0 Å². The van der Waals surface area contributed by atoms with Gasteiger partial charge in [0.15, 0.2) is 0 Å². The molecular formula is C13H19N3O. The Morgan fingerprint density at radius 2 is 2.18 bits per heavy atom. The highest BCUT2D eigenvalue weighted by Crippen LogP contribution is 2.18. The van der Waals surface area contributed by atoms with Crippen molar-refractivity contribution in [1.29, 1.82) is 0 Å². The Kier molecular flexibility index (Phi) is 4.09. The fourth-order valence-electron chi connectivity index (χ4n) is 1.73. The third kappa shape index (κ3) is 4.15. The predicted molar refractivity (Wildman–Crippen MR) is 66.4 cm³/mol. The van der Waals surface area contributed by atoms with Crippen molar-refractivity contribution in [2.45, 2.75) is 38.3 Å². The molecule has 1 heterocycles. The van der Waals surface area contributed by atoms with Crippen molar-refractivity contribution in [3.8, 4) is 0 Å². The summed E-state index contributed by atoms with van der Waals surface area (Å²) in [5.41, 5.74) is 1.09. The van der Waals surface area contributed by atoms with Crippen molar-refractivity contribution < 1.29 is 4.79 Å². The van der Waals surface area contributed by atoms with Crippen LogP contribution in [0.15, 0.2) is 24.5 Å². The van der Waals surface area contributed by atoms with E-state index >= 15 is 0 Å². The standard InChI is InChI=1S/C13H19N3O/c1-10(11-4-7-14-8-5-11)16-13(17)6-9-15-12-2-3-12/h4-5,7-8,10,12,15H,2-3,6,9H2,1H3,(H,16,17)/t10-/m0/s1. The van der Waals surface area contributed by atoms with E-state index in [4.69, 9.17) is 0 Å². The molecule has 2 rings (SSSR count). The average molecular weight is 233 g/mol. The summed E-state index contributed by atoms with van der Waals surface area (Å²) in [4.78, 5) is 15.6. The van der Waals surface area contributed by atoms with E-state index in [1.165, 1.54) is 12.8 Å². The van der Waals surface area contributed by atoms with Gasteiger partial charge in [0.25, 0.3) is 0 Å².